The largest absolute Gasteiger partial charge is 0.392 e. The lowest BCUT2D eigenvalue weighted by Crippen LogP contribution is -2.28. The van der Waals surface area contributed by atoms with Gasteiger partial charge in [0, 0.05) is 5.33 Å². The second kappa shape index (κ2) is 5.35. The van der Waals surface area contributed by atoms with Gasteiger partial charge in [0.15, 0.2) is 0 Å². The fourth-order valence-electron chi connectivity index (χ4n) is 2.32. The molecule has 1 nitrogen and oxygen atoms in total. The topological polar surface area (TPSA) is 20.2 Å². The maximum Gasteiger partial charge on any atom is 0.0665 e. The van der Waals surface area contributed by atoms with Crippen LogP contribution in [0.25, 0.3) is 0 Å². The summed E-state index contributed by atoms with van der Waals surface area (Å²) in [6, 6.07) is 0. The lowest BCUT2D eigenvalue weighted by Gasteiger charge is -2.32. The maximum absolute atomic E-state index is 9.66. The Balaban J connectivity index is 2.30. The maximum atomic E-state index is 9.66. The number of hydrogen-bond acceptors (Lipinski definition) is 1. The van der Waals surface area contributed by atoms with Crippen LogP contribution in [-0.2, 0) is 0 Å². The summed E-state index contributed by atoms with van der Waals surface area (Å²) in [4.78, 5) is 0. The second-order valence-electron chi connectivity index (χ2n) is 4.64. The molecule has 0 radical (unpaired) electrons. The van der Waals surface area contributed by atoms with Crippen molar-refractivity contribution in [2.24, 2.45) is 17.8 Å². The Morgan fingerprint density at radius 3 is 2.00 bits per heavy atom. The van der Waals surface area contributed by atoms with Crippen molar-refractivity contribution >= 4 is 15.9 Å². The van der Waals surface area contributed by atoms with E-state index in [1.807, 2.05) is 0 Å². The van der Waals surface area contributed by atoms with Crippen LogP contribution in [0.4, 0.5) is 0 Å². The molecule has 0 aliphatic heterocycles. The Morgan fingerprint density at radius 1 is 1.15 bits per heavy atom. The molecule has 1 rings (SSSR count). The van der Waals surface area contributed by atoms with Crippen LogP contribution in [0, 0.1) is 17.8 Å². The minimum Gasteiger partial charge on any atom is -0.392 e. The summed E-state index contributed by atoms with van der Waals surface area (Å²) < 4.78 is 0. The molecule has 0 spiro atoms. The van der Waals surface area contributed by atoms with Crippen molar-refractivity contribution < 1.29 is 5.11 Å². The summed E-state index contributed by atoms with van der Waals surface area (Å²) in [5, 5.41) is 10.4. The highest BCUT2D eigenvalue weighted by Crippen LogP contribution is 2.34. The first-order chi connectivity index (χ1) is 6.15. The SMILES string of the molecule is CC(C)C1CCC(C(O)CBr)CC1. The molecule has 1 aliphatic carbocycles. The molecule has 0 saturated heterocycles. The molecule has 1 N–H and O–H groups in total. The highest BCUT2D eigenvalue weighted by molar-refractivity contribution is 9.09. The summed E-state index contributed by atoms with van der Waals surface area (Å²) in [5.41, 5.74) is 0. The lowest BCUT2D eigenvalue weighted by molar-refractivity contribution is 0.0852. The standard InChI is InChI=1S/C11H21BrO/c1-8(2)9-3-5-10(6-4-9)11(13)7-12/h8-11,13H,3-7H2,1-2H3. The zero-order valence-corrected chi connectivity index (χ0v) is 10.3. The molecule has 0 bridgehead atoms. The molecule has 2 heteroatoms. The van der Waals surface area contributed by atoms with Gasteiger partial charge >= 0.3 is 0 Å². The van der Waals surface area contributed by atoms with Gasteiger partial charge in [-0.15, -0.1) is 0 Å². The molecule has 0 amide bonds. The molecule has 1 unspecified atom stereocenters. The molecule has 0 aromatic heterocycles. The zero-order chi connectivity index (χ0) is 9.84. The van der Waals surface area contributed by atoms with Crippen molar-refractivity contribution in [2.75, 3.05) is 5.33 Å². The van der Waals surface area contributed by atoms with Crippen LogP contribution < -0.4 is 0 Å². The van der Waals surface area contributed by atoms with Crippen LogP contribution in [0.3, 0.4) is 0 Å². The van der Waals surface area contributed by atoms with Gasteiger partial charge in [-0.1, -0.05) is 29.8 Å². The smallest absolute Gasteiger partial charge is 0.0665 e. The van der Waals surface area contributed by atoms with Crippen molar-refractivity contribution in [3.05, 3.63) is 0 Å². The Bertz CT molecular complexity index is 139. The van der Waals surface area contributed by atoms with Gasteiger partial charge in [0.1, 0.15) is 0 Å². The molecule has 1 fully saturated rings. The number of alkyl halides is 1. The first-order valence-corrected chi connectivity index (χ1v) is 6.51. The van der Waals surface area contributed by atoms with Gasteiger partial charge in [0.25, 0.3) is 0 Å². The quantitative estimate of drug-likeness (QED) is 0.761. The molecular formula is C11H21BrO. The molecule has 0 heterocycles. The molecule has 13 heavy (non-hydrogen) atoms. The van der Waals surface area contributed by atoms with E-state index >= 15 is 0 Å². The van der Waals surface area contributed by atoms with Crippen molar-refractivity contribution in [1.82, 2.24) is 0 Å². The van der Waals surface area contributed by atoms with Crippen molar-refractivity contribution in [3.63, 3.8) is 0 Å². The molecule has 1 saturated carbocycles. The van der Waals surface area contributed by atoms with Gasteiger partial charge in [-0.2, -0.15) is 0 Å². The van der Waals surface area contributed by atoms with Gasteiger partial charge < -0.3 is 5.11 Å². The molecule has 0 aromatic rings. The third-order valence-corrected chi connectivity index (χ3v) is 4.12. The number of halogens is 1. The van der Waals surface area contributed by atoms with E-state index in [2.05, 4.69) is 29.8 Å². The van der Waals surface area contributed by atoms with Crippen LogP contribution in [0.2, 0.25) is 0 Å². The van der Waals surface area contributed by atoms with Crippen LogP contribution in [0.15, 0.2) is 0 Å². The summed E-state index contributed by atoms with van der Waals surface area (Å²) in [6.45, 7) is 4.62. The van der Waals surface area contributed by atoms with E-state index in [0.717, 1.165) is 17.2 Å². The fraction of sp³-hybridized carbons (Fsp3) is 1.00. The van der Waals surface area contributed by atoms with E-state index in [-0.39, 0.29) is 6.10 Å². The van der Waals surface area contributed by atoms with E-state index in [1.165, 1.54) is 25.7 Å². The first kappa shape index (κ1) is 11.5. The van der Waals surface area contributed by atoms with Crippen LogP contribution >= 0.6 is 15.9 Å². The number of hydrogen-bond donors (Lipinski definition) is 1. The van der Waals surface area contributed by atoms with E-state index in [0.29, 0.717) is 5.92 Å². The molecule has 1 aliphatic rings. The summed E-state index contributed by atoms with van der Waals surface area (Å²) in [5.74, 6) is 2.27. The van der Waals surface area contributed by atoms with Crippen LogP contribution in [0.1, 0.15) is 39.5 Å². The second-order valence-corrected chi connectivity index (χ2v) is 5.29. The van der Waals surface area contributed by atoms with E-state index in [9.17, 15) is 5.11 Å². The van der Waals surface area contributed by atoms with Crippen molar-refractivity contribution in [3.8, 4) is 0 Å². The lowest BCUT2D eigenvalue weighted by atomic mass is 9.75. The van der Waals surface area contributed by atoms with Gasteiger partial charge in [-0.05, 0) is 43.4 Å². The average Bonchev–Trinajstić information content (AvgIpc) is 2.17. The Morgan fingerprint density at radius 2 is 1.62 bits per heavy atom. The summed E-state index contributed by atoms with van der Waals surface area (Å²) in [7, 11) is 0. The molecule has 0 aromatic carbocycles. The average molecular weight is 249 g/mol. The van der Waals surface area contributed by atoms with E-state index in [4.69, 9.17) is 0 Å². The first-order valence-electron chi connectivity index (χ1n) is 5.39. The zero-order valence-electron chi connectivity index (χ0n) is 8.67. The monoisotopic (exact) mass is 248 g/mol. The number of aliphatic hydroxyl groups excluding tert-OH is 1. The van der Waals surface area contributed by atoms with Crippen molar-refractivity contribution in [2.45, 2.75) is 45.6 Å². The molecule has 78 valence electrons. The number of rotatable bonds is 3. The fourth-order valence-corrected chi connectivity index (χ4v) is 2.85. The van der Waals surface area contributed by atoms with Crippen LogP contribution in [0.5, 0.6) is 0 Å². The molecular weight excluding hydrogens is 228 g/mol. The highest BCUT2D eigenvalue weighted by atomic mass is 79.9. The van der Waals surface area contributed by atoms with Gasteiger partial charge in [0.05, 0.1) is 6.10 Å². The number of aliphatic hydroxyl groups is 1. The third-order valence-electron chi connectivity index (χ3n) is 3.46. The van der Waals surface area contributed by atoms with Gasteiger partial charge in [-0.3, -0.25) is 0 Å². The molecule has 1 atom stereocenters. The third kappa shape index (κ3) is 3.25. The Kier molecular flexibility index (Phi) is 4.74. The summed E-state index contributed by atoms with van der Waals surface area (Å²) in [6.07, 6.45) is 4.94. The summed E-state index contributed by atoms with van der Waals surface area (Å²) >= 11 is 3.34. The van der Waals surface area contributed by atoms with Crippen molar-refractivity contribution in [1.29, 1.82) is 0 Å². The minimum absolute atomic E-state index is 0.117. The van der Waals surface area contributed by atoms with Gasteiger partial charge in [0.2, 0.25) is 0 Å². The Hall–Kier alpha value is 0.440. The van der Waals surface area contributed by atoms with E-state index < -0.39 is 0 Å². The van der Waals surface area contributed by atoms with Crippen LogP contribution in [-0.4, -0.2) is 16.5 Å². The normalized spacial score (nSPS) is 32.1. The minimum atomic E-state index is -0.117. The van der Waals surface area contributed by atoms with E-state index in [1.54, 1.807) is 0 Å². The van der Waals surface area contributed by atoms with Gasteiger partial charge in [-0.25, -0.2) is 0 Å². The predicted molar refractivity (Wildman–Crippen MR) is 60.1 cm³/mol. The predicted octanol–water partition coefficient (Wildman–Crippen LogP) is 3.20. The Labute approximate surface area is 90.0 Å². The highest BCUT2D eigenvalue weighted by Gasteiger charge is 2.26.